The molecule has 0 fully saturated rings. The van der Waals surface area contributed by atoms with Gasteiger partial charge >= 0.3 is 0 Å². The largest absolute Gasteiger partial charge is 0.326 e. The fourth-order valence-electron chi connectivity index (χ4n) is 2.73. The number of amides is 2. The van der Waals surface area contributed by atoms with Crippen LogP contribution in [0.15, 0.2) is 48.5 Å². The van der Waals surface area contributed by atoms with Crippen LogP contribution in [-0.2, 0) is 16.0 Å². The molecule has 0 spiro atoms. The molecule has 5 heteroatoms. The van der Waals surface area contributed by atoms with Crippen molar-refractivity contribution in [2.75, 3.05) is 10.6 Å². The van der Waals surface area contributed by atoms with Crippen LogP contribution in [-0.4, -0.2) is 11.8 Å². The Morgan fingerprint density at radius 2 is 1.91 bits per heavy atom. The van der Waals surface area contributed by atoms with Crippen LogP contribution < -0.4 is 10.6 Å². The summed E-state index contributed by atoms with van der Waals surface area (Å²) in [5.74, 6) is -1.06. The molecular weight excluding hydrogens is 295 g/mol. The molecule has 0 bridgehead atoms. The maximum atomic E-state index is 13.5. The molecule has 1 atom stereocenters. The van der Waals surface area contributed by atoms with Gasteiger partial charge in [0.2, 0.25) is 11.8 Å². The van der Waals surface area contributed by atoms with E-state index in [1.165, 1.54) is 12.1 Å². The van der Waals surface area contributed by atoms with Crippen molar-refractivity contribution in [1.29, 1.82) is 0 Å². The van der Waals surface area contributed by atoms with E-state index >= 15 is 0 Å². The minimum Gasteiger partial charge on any atom is -0.326 e. The Bertz CT molecular complexity index is 745. The molecule has 4 nitrogen and oxygen atoms in total. The Kier molecular flexibility index (Phi) is 4.37. The molecular formula is C18H17FN2O2. The van der Waals surface area contributed by atoms with Gasteiger partial charge in [0.15, 0.2) is 0 Å². The van der Waals surface area contributed by atoms with Gasteiger partial charge in [0.1, 0.15) is 5.82 Å². The van der Waals surface area contributed by atoms with E-state index in [9.17, 15) is 14.0 Å². The molecule has 1 aliphatic heterocycles. The zero-order chi connectivity index (χ0) is 16.2. The van der Waals surface area contributed by atoms with Crippen molar-refractivity contribution in [3.63, 3.8) is 0 Å². The topological polar surface area (TPSA) is 58.2 Å². The molecule has 0 aliphatic carbocycles. The van der Waals surface area contributed by atoms with Gasteiger partial charge in [-0.3, -0.25) is 9.59 Å². The van der Waals surface area contributed by atoms with Crippen LogP contribution in [0, 0.1) is 11.7 Å². The van der Waals surface area contributed by atoms with Crippen molar-refractivity contribution >= 4 is 23.2 Å². The first-order valence-corrected chi connectivity index (χ1v) is 7.56. The lowest BCUT2D eigenvalue weighted by Gasteiger charge is -2.24. The van der Waals surface area contributed by atoms with E-state index < -0.39 is 5.82 Å². The van der Waals surface area contributed by atoms with Crippen LogP contribution in [0.1, 0.15) is 18.4 Å². The monoisotopic (exact) mass is 312 g/mol. The Hall–Kier alpha value is -2.69. The van der Waals surface area contributed by atoms with Crippen molar-refractivity contribution in [3.8, 4) is 0 Å². The molecule has 1 aliphatic rings. The molecule has 1 unspecified atom stereocenters. The number of anilines is 2. The van der Waals surface area contributed by atoms with Gasteiger partial charge < -0.3 is 10.6 Å². The van der Waals surface area contributed by atoms with E-state index in [2.05, 4.69) is 10.6 Å². The number of nitrogens with one attached hydrogen (secondary N) is 2. The van der Waals surface area contributed by atoms with Gasteiger partial charge in [0.05, 0.1) is 5.69 Å². The summed E-state index contributed by atoms with van der Waals surface area (Å²) >= 11 is 0. The van der Waals surface area contributed by atoms with Crippen LogP contribution in [0.3, 0.4) is 0 Å². The molecule has 1 heterocycles. The van der Waals surface area contributed by atoms with Crippen molar-refractivity contribution in [1.82, 2.24) is 0 Å². The first-order valence-electron chi connectivity index (χ1n) is 7.56. The number of rotatable bonds is 4. The summed E-state index contributed by atoms with van der Waals surface area (Å²) in [7, 11) is 0. The quantitative estimate of drug-likeness (QED) is 0.909. The van der Waals surface area contributed by atoms with Crippen LogP contribution in [0.4, 0.5) is 15.8 Å². The predicted octanol–water partition coefficient (Wildman–Crippen LogP) is 3.36. The number of halogens is 1. The number of hydrogen-bond acceptors (Lipinski definition) is 2. The van der Waals surface area contributed by atoms with Crippen molar-refractivity contribution in [2.45, 2.75) is 19.3 Å². The highest BCUT2D eigenvalue weighted by Crippen LogP contribution is 2.27. The second-order valence-electron chi connectivity index (χ2n) is 5.61. The highest BCUT2D eigenvalue weighted by atomic mass is 19.1. The fourth-order valence-corrected chi connectivity index (χ4v) is 2.73. The normalized spacial score (nSPS) is 16.4. The predicted molar refractivity (Wildman–Crippen MR) is 86.5 cm³/mol. The lowest BCUT2D eigenvalue weighted by Crippen LogP contribution is -2.30. The fraction of sp³-hybridized carbons (Fsp3) is 0.222. The van der Waals surface area contributed by atoms with Gasteiger partial charge in [-0.05, 0) is 36.6 Å². The van der Waals surface area contributed by atoms with Crippen molar-refractivity contribution in [3.05, 3.63) is 59.9 Å². The molecule has 0 radical (unpaired) electrons. The third kappa shape index (κ3) is 3.56. The Labute approximate surface area is 133 Å². The molecule has 2 aromatic rings. The SMILES string of the molecule is O=C(CCC1Cc2ccccc2NC1=O)Nc1ccccc1F. The lowest BCUT2D eigenvalue weighted by molar-refractivity contribution is -0.121. The Morgan fingerprint density at radius 1 is 1.17 bits per heavy atom. The first kappa shape index (κ1) is 15.2. The summed E-state index contributed by atoms with van der Waals surface area (Å²) < 4.78 is 13.5. The molecule has 2 aromatic carbocycles. The number of carbonyl (C=O) groups excluding carboxylic acids is 2. The van der Waals surface area contributed by atoms with Crippen LogP contribution in [0.5, 0.6) is 0 Å². The summed E-state index contributed by atoms with van der Waals surface area (Å²) in [4.78, 5) is 24.0. The van der Waals surface area contributed by atoms with E-state index in [1.807, 2.05) is 24.3 Å². The lowest BCUT2D eigenvalue weighted by atomic mass is 9.89. The standard InChI is InChI=1S/C18H17FN2O2/c19-14-6-2-4-8-16(14)20-17(22)10-9-13-11-12-5-1-3-7-15(12)21-18(13)23/h1-8,13H,9-11H2,(H,20,22)(H,21,23). The zero-order valence-corrected chi connectivity index (χ0v) is 12.5. The van der Waals surface area contributed by atoms with E-state index in [0.717, 1.165) is 11.3 Å². The average molecular weight is 312 g/mol. The zero-order valence-electron chi connectivity index (χ0n) is 12.5. The van der Waals surface area contributed by atoms with Crippen LogP contribution in [0.2, 0.25) is 0 Å². The molecule has 23 heavy (non-hydrogen) atoms. The molecule has 118 valence electrons. The number of carbonyl (C=O) groups is 2. The Balaban J connectivity index is 1.57. The van der Waals surface area contributed by atoms with E-state index in [4.69, 9.17) is 0 Å². The number of hydrogen-bond donors (Lipinski definition) is 2. The molecule has 0 saturated carbocycles. The van der Waals surface area contributed by atoms with Crippen molar-refractivity contribution in [2.24, 2.45) is 5.92 Å². The van der Waals surface area contributed by atoms with Gasteiger partial charge in [0, 0.05) is 18.0 Å². The summed E-state index contributed by atoms with van der Waals surface area (Å²) in [6, 6.07) is 13.7. The number of fused-ring (bicyclic) bond motifs is 1. The highest BCUT2D eigenvalue weighted by molar-refractivity contribution is 5.96. The second kappa shape index (κ2) is 6.60. The summed E-state index contributed by atoms with van der Waals surface area (Å²) in [5.41, 5.74) is 2.08. The summed E-state index contributed by atoms with van der Waals surface area (Å²) in [6.45, 7) is 0. The minimum absolute atomic E-state index is 0.0672. The third-order valence-corrected chi connectivity index (χ3v) is 3.98. The second-order valence-corrected chi connectivity index (χ2v) is 5.61. The summed E-state index contributed by atoms with van der Waals surface area (Å²) in [6.07, 6.45) is 1.23. The van der Waals surface area contributed by atoms with Gasteiger partial charge in [-0.1, -0.05) is 30.3 Å². The number of benzene rings is 2. The summed E-state index contributed by atoms with van der Waals surface area (Å²) in [5, 5.41) is 5.40. The molecule has 0 aromatic heterocycles. The van der Waals surface area contributed by atoms with Gasteiger partial charge in [-0.25, -0.2) is 4.39 Å². The van der Waals surface area contributed by atoms with Gasteiger partial charge in [0.25, 0.3) is 0 Å². The van der Waals surface area contributed by atoms with Crippen molar-refractivity contribution < 1.29 is 14.0 Å². The van der Waals surface area contributed by atoms with E-state index in [0.29, 0.717) is 12.8 Å². The average Bonchev–Trinajstić information content (AvgIpc) is 2.55. The van der Waals surface area contributed by atoms with Crippen LogP contribution >= 0.6 is 0 Å². The molecule has 2 N–H and O–H groups in total. The molecule has 2 amide bonds. The smallest absolute Gasteiger partial charge is 0.227 e. The highest BCUT2D eigenvalue weighted by Gasteiger charge is 2.26. The maximum absolute atomic E-state index is 13.5. The first-order chi connectivity index (χ1) is 11.1. The molecule has 0 saturated heterocycles. The maximum Gasteiger partial charge on any atom is 0.227 e. The van der Waals surface area contributed by atoms with Crippen LogP contribution in [0.25, 0.3) is 0 Å². The Morgan fingerprint density at radius 3 is 2.74 bits per heavy atom. The minimum atomic E-state index is -0.467. The third-order valence-electron chi connectivity index (χ3n) is 3.98. The molecule has 3 rings (SSSR count). The van der Waals surface area contributed by atoms with E-state index in [1.54, 1.807) is 12.1 Å². The van der Waals surface area contributed by atoms with Gasteiger partial charge in [-0.15, -0.1) is 0 Å². The van der Waals surface area contributed by atoms with E-state index in [-0.39, 0.29) is 29.8 Å². The van der Waals surface area contributed by atoms with Gasteiger partial charge in [-0.2, -0.15) is 0 Å². The number of para-hydroxylation sites is 2.